The number of rotatable bonds is 38. The fourth-order valence-corrected chi connectivity index (χ4v) is 6.30. The lowest BCUT2D eigenvalue weighted by molar-refractivity contribution is -0.147. The van der Waals surface area contributed by atoms with Gasteiger partial charge in [0.25, 0.3) is 0 Å². The predicted octanol–water partition coefficient (Wildman–Crippen LogP) is 14.6. The predicted molar refractivity (Wildman–Crippen MR) is 209 cm³/mol. The quantitative estimate of drug-likeness (QED) is 0.0403. The molecular weight excluding hydrogens is 592 g/mol. The maximum Gasteiger partial charge on any atom is 0.306 e. The van der Waals surface area contributed by atoms with Crippen LogP contribution in [0.4, 0.5) is 0 Å². The molecule has 1 atom stereocenters. The molecule has 0 spiro atoms. The minimum absolute atomic E-state index is 0.0589. The van der Waals surface area contributed by atoms with Gasteiger partial charge in [0.05, 0.1) is 0 Å². The zero-order valence-corrected chi connectivity index (χ0v) is 32.0. The van der Waals surface area contributed by atoms with E-state index in [1.165, 1.54) is 122 Å². The van der Waals surface area contributed by atoms with Crippen LogP contribution >= 0.6 is 0 Å². The van der Waals surface area contributed by atoms with Crippen molar-refractivity contribution < 1.29 is 19.4 Å². The minimum Gasteiger partial charge on any atom is -0.481 e. The third-order valence-electron chi connectivity index (χ3n) is 9.36. The standard InChI is InChI=1S/C44H80O4/c1-3-5-7-9-11-13-14-15-16-17-18-19-20-21-22-23-24-25-27-33-37-41-44(47)48-42(38-34-30-26-12-10-8-6-4-2)39-35-31-28-29-32-36-40-43(45)46/h6,8,12,26,34,38,42H,3-5,7,9-11,13-25,27-33,35-37,39-41H2,1-2H3,(H,45,46)/b8-6-,26-12-,38-34-. The van der Waals surface area contributed by atoms with Crippen molar-refractivity contribution in [2.24, 2.45) is 0 Å². The molecule has 0 saturated carbocycles. The number of esters is 1. The highest BCUT2D eigenvalue weighted by atomic mass is 16.5. The van der Waals surface area contributed by atoms with E-state index in [4.69, 9.17) is 9.84 Å². The van der Waals surface area contributed by atoms with Crippen LogP contribution in [0.15, 0.2) is 36.5 Å². The number of carboxylic acids is 1. The number of hydrogen-bond donors (Lipinski definition) is 1. The molecule has 0 aliphatic heterocycles. The Kier molecular flexibility index (Phi) is 38.1. The summed E-state index contributed by atoms with van der Waals surface area (Å²) in [5.74, 6) is -0.763. The zero-order valence-electron chi connectivity index (χ0n) is 32.0. The number of unbranched alkanes of at least 4 members (excludes halogenated alkanes) is 25. The van der Waals surface area contributed by atoms with Gasteiger partial charge in [-0.2, -0.15) is 0 Å². The minimum atomic E-state index is -0.704. The maximum absolute atomic E-state index is 12.6. The Morgan fingerprint density at radius 2 is 0.854 bits per heavy atom. The van der Waals surface area contributed by atoms with Crippen molar-refractivity contribution in [3.05, 3.63) is 36.5 Å². The first-order valence-electron chi connectivity index (χ1n) is 21.0. The van der Waals surface area contributed by atoms with Gasteiger partial charge in [-0.1, -0.05) is 198 Å². The second-order valence-corrected chi connectivity index (χ2v) is 14.2. The smallest absolute Gasteiger partial charge is 0.306 e. The molecular formula is C44H80O4. The summed E-state index contributed by atoms with van der Waals surface area (Å²) in [6.07, 6.45) is 52.0. The molecule has 0 bridgehead atoms. The maximum atomic E-state index is 12.6. The van der Waals surface area contributed by atoms with Crippen molar-refractivity contribution in [3.63, 3.8) is 0 Å². The van der Waals surface area contributed by atoms with Crippen molar-refractivity contribution >= 4 is 11.9 Å². The molecule has 0 aromatic heterocycles. The van der Waals surface area contributed by atoms with Crippen molar-refractivity contribution in [2.45, 2.75) is 232 Å². The second kappa shape index (κ2) is 39.6. The van der Waals surface area contributed by atoms with Crippen molar-refractivity contribution in [1.29, 1.82) is 0 Å². The average molecular weight is 673 g/mol. The number of carbonyl (C=O) groups excluding carboxylic acids is 1. The molecule has 1 N–H and O–H groups in total. The number of carbonyl (C=O) groups is 2. The van der Waals surface area contributed by atoms with Gasteiger partial charge < -0.3 is 9.84 Å². The summed E-state index contributed by atoms with van der Waals surface area (Å²) in [7, 11) is 0. The molecule has 0 amide bonds. The van der Waals surface area contributed by atoms with Gasteiger partial charge in [-0.3, -0.25) is 9.59 Å². The molecule has 0 rings (SSSR count). The molecule has 0 heterocycles. The summed E-state index contributed by atoms with van der Waals surface area (Å²) >= 11 is 0. The first-order chi connectivity index (χ1) is 23.6. The molecule has 0 aliphatic rings. The number of ether oxygens (including phenoxy) is 1. The third kappa shape index (κ3) is 38.6. The van der Waals surface area contributed by atoms with Gasteiger partial charge >= 0.3 is 11.9 Å². The lowest BCUT2D eigenvalue weighted by Gasteiger charge is -2.14. The number of carboxylic acid groups (broad SMARTS) is 1. The summed E-state index contributed by atoms with van der Waals surface area (Å²) < 4.78 is 5.90. The average Bonchev–Trinajstić information content (AvgIpc) is 3.07. The third-order valence-corrected chi connectivity index (χ3v) is 9.36. The second-order valence-electron chi connectivity index (χ2n) is 14.2. The number of allylic oxidation sites excluding steroid dienone is 5. The normalized spacial score (nSPS) is 12.5. The van der Waals surface area contributed by atoms with Crippen LogP contribution in [0.1, 0.15) is 226 Å². The van der Waals surface area contributed by atoms with Gasteiger partial charge in [-0.25, -0.2) is 0 Å². The van der Waals surface area contributed by atoms with Gasteiger partial charge in [-0.15, -0.1) is 0 Å². The first-order valence-corrected chi connectivity index (χ1v) is 21.0. The monoisotopic (exact) mass is 673 g/mol. The van der Waals surface area contributed by atoms with Crippen LogP contribution in [-0.2, 0) is 14.3 Å². The summed E-state index contributed by atoms with van der Waals surface area (Å²) in [5.41, 5.74) is 0. The first kappa shape index (κ1) is 46.2. The number of hydrogen-bond acceptors (Lipinski definition) is 3. The highest BCUT2D eigenvalue weighted by Gasteiger charge is 2.11. The molecule has 4 nitrogen and oxygen atoms in total. The van der Waals surface area contributed by atoms with Crippen LogP contribution in [-0.4, -0.2) is 23.1 Å². The highest BCUT2D eigenvalue weighted by molar-refractivity contribution is 5.69. The Bertz CT molecular complexity index is 768. The van der Waals surface area contributed by atoms with Crippen LogP contribution < -0.4 is 0 Å². The van der Waals surface area contributed by atoms with E-state index in [-0.39, 0.29) is 18.5 Å². The SMILES string of the molecule is CC/C=C\C/C=C\C/C=C\C(CCCCCCCCC(=O)O)OC(=O)CCCCCCCCCCCCCCCCCCCCCCC. The van der Waals surface area contributed by atoms with Crippen LogP contribution in [0.2, 0.25) is 0 Å². The van der Waals surface area contributed by atoms with E-state index in [1.54, 1.807) is 0 Å². The van der Waals surface area contributed by atoms with Crippen LogP contribution in [0, 0.1) is 0 Å². The van der Waals surface area contributed by atoms with Gasteiger partial charge in [0, 0.05) is 12.8 Å². The molecule has 0 aromatic rings. The lowest BCUT2D eigenvalue weighted by Crippen LogP contribution is -2.16. The summed E-state index contributed by atoms with van der Waals surface area (Å²) in [4.78, 5) is 23.3. The lowest BCUT2D eigenvalue weighted by atomic mass is 10.0. The van der Waals surface area contributed by atoms with Gasteiger partial charge in [-0.05, 0) is 51.0 Å². The number of aliphatic carboxylic acids is 1. The molecule has 4 heteroatoms. The van der Waals surface area contributed by atoms with Crippen molar-refractivity contribution in [3.8, 4) is 0 Å². The summed E-state index contributed by atoms with van der Waals surface area (Å²) in [6, 6.07) is 0. The van der Waals surface area contributed by atoms with E-state index in [9.17, 15) is 9.59 Å². The molecule has 0 aliphatic carbocycles. The molecule has 280 valence electrons. The van der Waals surface area contributed by atoms with Crippen LogP contribution in [0.5, 0.6) is 0 Å². The Morgan fingerprint density at radius 1 is 0.479 bits per heavy atom. The summed E-state index contributed by atoms with van der Waals surface area (Å²) in [5, 5.41) is 8.77. The zero-order chi connectivity index (χ0) is 35.0. The van der Waals surface area contributed by atoms with E-state index >= 15 is 0 Å². The van der Waals surface area contributed by atoms with E-state index in [1.807, 2.05) is 0 Å². The summed E-state index contributed by atoms with van der Waals surface area (Å²) in [6.45, 7) is 4.44. The van der Waals surface area contributed by atoms with Gasteiger partial charge in [0.2, 0.25) is 0 Å². The van der Waals surface area contributed by atoms with Crippen molar-refractivity contribution in [1.82, 2.24) is 0 Å². The van der Waals surface area contributed by atoms with Crippen LogP contribution in [0.3, 0.4) is 0 Å². The Labute approximate surface area is 299 Å². The molecule has 0 fully saturated rings. The van der Waals surface area contributed by atoms with Crippen molar-refractivity contribution in [2.75, 3.05) is 0 Å². The molecule has 0 saturated heterocycles. The molecule has 1 unspecified atom stereocenters. The largest absolute Gasteiger partial charge is 0.481 e. The van der Waals surface area contributed by atoms with E-state index in [0.717, 1.165) is 77.0 Å². The fraction of sp³-hybridized carbons (Fsp3) is 0.818. The van der Waals surface area contributed by atoms with E-state index in [0.29, 0.717) is 6.42 Å². The topological polar surface area (TPSA) is 63.6 Å². The van der Waals surface area contributed by atoms with E-state index in [2.05, 4.69) is 50.3 Å². The Hall–Kier alpha value is -1.84. The Balaban J connectivity index is 3.89. The Morgan fingerprint density at radius 3 is 1.29 bits per heavy atom. The molecule has 0 radical (unpaired) electrons. The van der Waals surface area contributed by atoms with Crippen LogP contribution in [0.25, 0.3) is 0 Å². The van der Waals surface area contributed by atoms with Gasteiger partial charge in [0.15, 0.2) is 0 Å². The highest BCUT2D eigenvalue weighted by Crippen LogP contribution is 2.17. The van der Waals surface area contributed by atoms with Gasteiger partial charge in [0.1, 0.15) is 6.10 Å². The fourth-order valence-electron chi connectivity index (χ4n) is 6.30. The van der Waals surface area contributed by atoms with E-state index < -0.39 is 5.97 Å². The molecule has 0 aromatic carbocycles. The molecule has 48 heavy (non-hydrogen) atoms.